The third kappa shape index (κ3) is 5.50. The SMILES string of the molecule is CCCOc1ccc(-c2ccc(C#Cc3ccc4cc(OCCC)ccc4c3)cc2)cc1. The summed E-state index contributed by atoms with van der Waals surface area (Å²) in [4.78, 5) is 0. The lowest BCUT2D eigenvalue weighted by atomic mass is 10.0. The van der Waals surface area contributed by atoms with Gasteiger partial charge in [0.05, 0.1) is 13.2 Å². The Morgan fingerprint density at radius 3 is 1.72 bits per heavy atom. The molecule has 0 N–H and O–H groups in total. The molecule has 0 heterocycles. The Bertz CT molecular complexity index is 1230. The molecule has 0 fully saturated rings. The first-order valence-corrected chi connectivity index (χ1v) is 11.3. The van der Waals surface area contributed by atoms with Crippen LogP contribution in [0.25, 0.3) is 21.9 Å². The Labute approximate surface area is 190 Å². The lowest BCUT2D eigenvalue weighted by Gasteiger charge is -2.06. The predicted octanol–water partition coefficient (Wildman–Crippen LogP) is 7.48. The maximum atomic E-state index is 5.73. The fourth-order valence-electron chi connectivity index (χ4n) is 3.47. The Kier molecular flexibility index (Phi) is 7.10. The van der Waals surface area contributed by atoms with Gasteiger partial charge in [-0.3, -0.25) is 0 Å². The third-order valence-electron chi connectivity index (χ3n) is 5.18. The molecule has 160 valence electrons. The van der Waals surface area contributed by atoms with E-state index in [1.807, 2.05) is 18.2 Å². The molecule has 2 nitrogen and oxygen atoms in total. The van der Waals surface area contributed by atoms with Crippen molar-refractivity contribution in [2.24, 2.45) is 0 Å². The van der Waals surface area contributed by atoms with E-state index in [0.717, 1.165) is 48.7 Å². The zero-order valence-electron chi connectivity index (χ0n) is 18.7. The maximum Gasteiger partial charge on any atom is 0.119 e. The lowest BCUT2D eigenvalue weighted by Crippen LogP contribution is -1.94. The van der Waals surface area contributed by atoms with Crippen LogP contribution in [0, 0.1) is 11.8 Å². The van der Waals surface area contributed by atoms with E-state index < -0.39 is 0 Å². The Morgan fingerprint density at radius 2 is 1.03 bits per heavy atom. The molecule has 0 radical (unpaired) electrons. The van der Waals surface area contributed by atoms with Gasteiger partial charge in [-0.2, -0.15) is 0 Å². The van der Waals surface area contributed by atoms with Gasteiger partial charge >= 0.3 is 0 Å². The molecule has 0 saturated carbocycles. The summed E-state index contributed by atoms with van der Waals surface area (Å²) >= 11 is 0. The summed E-state index contributed by atoms with van der Waals surface area (Å²) in [5.74, 6) is 8.40. The molecule has 0 amide bonds. The van der Waals surface area contributed by atoms with Crippen LogP contribution in [0.4, 0.5) is 0 Å². The second kappa shape index (κ2) is 10.6. The Morgan fingerprint density at radius 1 is 0.531 bits per heavy atom. The summed E-state index contributed by atoms with van der Waals surface area (Å²) in [6, 6.07) is 29.1. The second-order valence-electron chi connectivity index (χ2n) is 7.77. The first-order valence-electron chi connectivity index (χ1n) is 11.3. The molecule has 0 aromatic heterocycles. The average molecular weight is 421 g/mol. The van der Waals surface area contributed by atoms with Crippen LogP contribution >= 0.6 is 0 Å². The van der Waals surface area contributed by atoms with E-state index in [9.17, 15) is 0 Å². The minimum atomic E-state index is 0.743. The Balaban J connectivity index is 1.45. The van der Waals surface area contributed by atoms with Gasteiger partial charge in [-0.1, -0.05) is 62.1 Å². The molecule has 2 heteroatoms. The van der Waals surface area contributed by atoms with Crippen molar-refractivity contribution in [3.63, 3.8) is 0 Å². The Hall–Kier alpha value is -3.70. The molecule has 0 unspecified atom stereocenters. The number of ether oxygens (including phenoxy) is 2. The van der Waals surface area contributed by atoms with Gasteiger partial charge in [-0.05, 0) is 83.3 Å². The molecule has 0 bridgehead atoms. The minimum absolute atomic E-state index is 0.743. The topological polar surface area (TPSA) is 18.5 Å². The molecular weight excluding hydrogens is 392 g/mol. The number of benzene rings is 4. The molecule has 4 aromatic carbocycles. The summed E-state index contributed by atoms with van der Waals surface area (Å²) < 4.78 is 11.4. The van der Waals surface area contributed by atoms with Crippen LogP contribution in [0.3, 0.4) is 0 Å². The molecule has 0 atom stereocenters. The van der Waals surface area contributed by atoms with Crippen molar-refractivity contribution in [1.82, 2.24) is 0 Å². The van der Waals surface area contributed by atoms with Crippen LogP contribution in [-0.4, -0.2) is 13.2 Å². The van der Waals surface area contributed by atoms with Crippen molar-refractivity contribution in [1.29, 1.82) is 0 Å². The zero-order valence-corrected chi connectivity index (χ0v) is 18.7. The largest absolute Gasteiger partial charge is 0.494 e. The monoisotopic (exact) mass is 420 g/mol. The smallest absolute Gasteiger partial charge is 0.119 e. The average Bonchev–Trinajstić information content (AvgIpc) is 2.85. The van der Waals surface area contributed by atoms with Crippen molar-refractivity contribution in [3.05, 3.63) is 96.1 Å². The minimum Gasteiger partial charge on any atom is -0.494 e. The molecule has 0 spiro atoms. The van der Waals surface area contributed by atoms with Crippen molar-refractivity contribution < 1.29 is 9.47 Å². The van der Waals surface area contributed by atoms with Crippen LogP contribution in [0.5, 0.6) is 11.5 Å². The lowest BCUT2D eigenvalue weighted by molar-refractivity contribution is 0.317. The summed E-state index contributed by atoms with van der Waals surface area (Å²) in [5.41, 5.74) is 4.35. The highest BCUT2D eigenvalue weighted by molar-refractivity contribution is 5.85. The highest BCUT2D eigenvalue weighted by Gasteiger charge is 2.00. The summed E-state index contributed by atoms with van der Waals surface area (Å²) in [6.45, 7) is 5.71. The molecule has 0 aliphatic heterocycles. The standard InChI is InChI=1S/C30H28O2/c1-3-19-31-29-16-13-26(14-17-29)25-10-7-23(8-11-25)5-6-24-9-12-28-22-30(32-20-4-2)18-15-27(28)21-24/h7-18,21-22H,3-4,19-20H2,1-2H3. The number of hydrogen-bond donors (Lipinski definition) is 0. The molecular formula is C30H28O2. The summed E-state index contributed by atoms with van der Waals surface area (Å²) in [7, 11) is 0. The first-order chi connectivity index (χ1) is 15.7. The quantitative estimate of drug-likeness (QED) is 0.288. The summed E-state index contributed by atoms with van der Waals surface area (Å²) in [5, 5.41) is 2.34. The van der Waals surface area contributed by atoms with Gasteiger partial charge in [-0.15, -0.1) is 0 Å². The third-order valence-corrected chi connectivity index (χ3v) is 5.18. The van der Waals surface area contributed by atoms with Gasteiger partial charge in [-0.25, -0.2) is 0 Å². The van der Waals surface area contributed by atoms with E-state index in [1.165, 1.54) is 21.9 Å². The number of rotatable bonds is 7. The fraction of sp³-hybridized carbons (Fsp3) is 0.200. The van der Waals surface area contributed by atoms with Gasteiger partial charge < -0.3 is 9.47 Å². The molecule has 4 rings (SSSR count). The summed E-state index contributed by atoms with van der Waals surface area (Å²) in [6.07, 6.45) is 2.02. The van der Waals surface area contributed by atoms with Gasteiger partial charge in [0, 0.05) is 11.1 Å². The van der Waals surface area contributed by atoms with Crippen LogP contribution < -0.4 is 9.47 Å². The zero-order chi connectivity index (χ0) is 22.2. The van der Waals surface area contributed by atoms with Crippen LogP contribution in [-0.2, 0) is 0 Å². The first kappa shape index (κ1) is 21.5. The second-order valence-corrected chi connectivity index (χ2v) is 7.77. The van der Waals surface area contributed by atoms with Crippen LogP contribution in [0.2, 0.25) is 0 Å². The predicted molar refractivity (Wildman–Crippen MR) is 133 cm³/mol. The van der Waals surface area contributed by atoms with E-state index in [-0.39, 0.29) is 0 Å². The van der Waals surface area contributed by atoms with E-state index in [1.54, 1.807) is 0 Å². The molecule has 0 aliphatic rings. The molecule has 0 saturated heterocycles. The van der Waals surface area contributed by atoms with Gasteiger partial charge in [0.1, 0.15) is 11.5 Å². The number of fused-ring (bicyclic) bond motifs is 1. The van der Waals surface area contributed by atoms with Crippen molar-refractivity contribution >= 4 is 10.8 Å². The van der Waals surface area contributed by atoms with E-state index in [4.69, 9.17) is 9.47 Å². The normalized spacial score (nSPS) is 10.4. The van der Waals surface area contributed by atoms with Crippen LogP contribution in [0.1, 0.15) is 37.8 Å². The van der Waals surface area contributed by atoms with Gasteiger partial charge in [0.15, 0.2) is 0 Å². The van der Waals surface area contributed by atoms with E-state index in [2.05, 4.69) is 92.4 Å². The van der Waals surface area contributed by atoms with Crippen molar-refractivity contribution in [3.8, 4) is 34.5 Å². The van der Waals surface area contributed by atoms with Crippen molar-refractivity contribution in [2.75, 3.05) is 13.2 Å². The molecule has 32 heavy (non-hydrogen) atoms. The maximum absolute atomic E-state index is 5.73. The fourth-order valence-corrected chi connectivity index (χ4v) is 3.47. The highest BCUT2D eigenvalue weighted by Crippen LogP contribution is 2.24. The van der Waals surface area contributed by atoms with Gasteiger partial charge in [0.25, 0.3) is 0 Å². The highest BCUT2D eigenvalue weighted by atomic mass is 16.5. The molecule has 0 aliphatic carbocycles. The number of hydrogen-bond acceptors (Lipinski definition) is 2. The van der Waals surface area contributed by atoms with Crippen molar-refractivity contribution in [2.45, 2.75) is 26.7 Å². The molecule has 4 aromatic rings. The van der Waals surface area contributed by atoms with Gasteiger partial charge in [0.2, 0.25) is 0 Å². The van der Waals surface area contributed by atoms with Crippen LogP contribution in [0.15, 0.2) is 84.9 Å². The van der Waals surface area contributed by atoms with E-state index in [0.29, 0.717) is 0 Å². The van der Waals surface area contributed by atoms with E-state index >= 15 is 0 Å².